The van der Waals surface area contributed by atoms with E-state index < -0.39 is 0 Å². The molecule has 0 amide bonds. The molecule has 1 heterocycles. The number of methoxy groups -OCH3 is 1. The van der Waals surface area contributed by atoms with Crippen molar-refractivity contribution in [2.75, 3.05) is 45.7 Å². The molecule has 0 saturated heterocycles. The molecule has 1 aromatic rings. The van der Waals surface area contributed by atoms with Gasteiger partial charge in [-0.3, -0.25) is 4.79 Å². The quantitative estimate of drug-likeness (QED) is 0.721. The summed E-state index contributed by atoms with van der Waals surface area (Å²) in [6.07, 6.45) is 3.33. The molecule has 0 radical (unpaired) electrons. The number of anilines is 1. The summed E-state index contributed by atoms with van der Waals surface area (Å²) in [7, 11) is 3.70. The molecule has 1 aromatic heterocycles. The lowest BCUT2D eigenvalue weighted by Crippen LogP contribution is -2.30. The first-order valence-corrected chi connectivity index (χ1v) is 6.15. The van der Waals surface area contributed by atoms with Gasteiger partial charge in [0.05, 0.1) is 6.61 Å². The third kappa shape index (κ3) is 4.46. The van der Waals surface area contributed by atoms with Gasteiger partial charge in [0, 0.05) is 45.7 Å². The molecule has 0 fully saturated rings. The highest BCUT2D eigenvalue weighted by atomic mass is 16.5. The Bertz CT molecular complexity index is 405. The van der Waals surface area contributed by atoms with E-state index in [4.69, 9.17) is 4.74 Å². The van der Waals surface area contributed by atoms with Gasteiger partial charge in [0.1, 0.15) is 0 Å². The third-order valence-corrected chi connectivity index (χ3v) is 2.72. The van der Waals surface area contributed by atoms with Crippen LogP contribution in [0.25, 0.3) is 0 Å². The topological polar surface area (TPSA) is 59.4 Å². The number of nitrogens with zero attached hydrogens (tertiary/aromatic N) is 3. The van der Waals surface area contributed by atoms with Gasteiger partial charge >= 0.3 is 0 Å². The summed E-state index contributed by atoms with van der Waals surface area (Å²) in [4.78, 5) is 18.0. The van der Waals surface area contributed by atoms with Crippen molar-refractivity contribution in [1.29, 1.82) is 0 Å². The van der Waals surface area contributed by atoms with Crippen molar-refractivity contribution in [2.24, 2.45) is 0 Å². The smallest absolute Gasteiger partial charge is 0.293 e. The van der Waals surface area contributed by atoms with Crippen molar-refractivity contribution >= 4 is 5.82 Å². The highest BCUT2D eigenvalue weighted by molar-refractivity contribution is 5.30. The SMILES string of the molecule is CCn1ccnc(NCCN(C)CCOC)c1=O. The van der Waals surface area contributed by atoms with Crippen molar-refractivity contribution in [3.63, 3.8) is 0 Å². The monoisotopic (exact) mass is 254 g/mol. The van der Waals surface area contributed by atoms with Gasteiger partial charge < -0.3 is 19.5 Å². The van der Waals surface area contributed by atoms with E-state index in [9.17, 15) is 4.79 Å². The second-order valence-electron chi connectivity index (χ2n) is 4.09. The number of hydrogen-bond acceptors (Lipinski definition) is 5. The Labute approximate surface area is 108 Å². The van der Waals surface area contributed by atoms with Crippen LogP contribution in [0, 0.1) is 0 Å². The highest BCUT2D eigenvalue weighted by Crippen LogP contribution is 1.93. The number of aryl methyl sites for hydroxylation is 1. The molecule has 0 spiro atoms. The molecule has 6 heteroatoms. The van der Waals surface area contributed by atoms with E-state index >= 15 is 0 Å². The van der Waals surface area contributed by atoms with Gasteiger partial charge in [-0.15, -0.1) is 0 Å². The van der Waals surface area contributed by atoms with Crippen molar-refractivity contribution in [1.82, 2.24) is 14.5 Å². The summed E-state index contributed by atoms with van der Waals surface area (Å²) in [6, 6.07) is 0. The van der Waals surface area contributed by atoms with Crippen LogP contribution in [0.5, 0.6) is 0 Å². The second-order valence-corrected chi connectivity index (χ2v) is 4.09. The van der Waals surface area contributed by atoms with Gasteiger partial charge in [0.2, 0.25) is 0 Å². The van der Waals surface area contributed by atoms with Gasteiger partial charge in [-0.2, -0.15) is 0 Å². The first-order chi connectivity index (χ1) is 8.69. The van der Waals surface area contributed by atoms with Crippen molar-refractivity contribution in [3.05, 3.63) is 22.7 Å². The molecule has 1 N–H and O–H groups in total. The minimum Gasteiger partial charge on any atom is -0.383 e. The van der Waals surface area contributed by atoms with Crippen LogP contribution in [0.15, 0.2) is 17.2 Å². The predicted octanol–water partition coefficient (Wildman–Crippen LogP) is 0.253. The van der Waals surface area contributed by atoms with Crippen LogP contribution in [0.3, 0.4) is 0 Å². The molecular formula is C12H22N4O2. The van der Waals surface area contributed by atoms with Gasteiger partial charge in [0.15, 0.2) is 5.82 Å². The number of nitrogens with one attached hydrogen (secondary N) is 1. The summed E-state index contributed by atoms with van der Waals surface area (Å²) < 4.78 is 6.63. The summed E-state index contributed by atoms with van der Waals surface area (Å²) in [5, 5.41) is 3.07. The molecule has 1 rings (SSSR count). The Hall–Kier alpha value is -1.40. The van der Waals surface area contributed by atoms with Crippen molar-refractivity contribution in [3.8, 4) is 0 Å². The zero-order chi connectivity index (χ0) is 13.4. The zero-order valence-electron chi connectivity index (χ0n) is 11.3. The van der Waals surface area contributed by atoms with Crippen molar-refractivity contribution < 1.29 is 4.74 Å². The van der Waals surface area contributed by atoms with Crippen molar-refractivity contribution in [2.45, 2.75) is 13.5 Å². The number of aromatic nitrogens is 2. The molecule has 0 aromatic carbocycles. The summed E-state index contributed by atoms with van der Waals surface area (Å²) in [6.45, 7) is 5.71. The van der Waals surface area contributed by atoms with E-state index in [2.05, 4.69) is 15.2 Å². The zero-order valence-corrected chi connectivity index (χ0v) is 11.3. The molecule has 0 aliphatic carbocycles. The average Bonchev–Trinajstić information content (AvgIpc) is 2.38. The Morgan fingerprint density at radius 3 is 2.94 bits per heavy atom. The Morgan fingerprint density at radius 2 is 2.28 bits per heavy atom. The molecule has 0 atom stereocenters. The molecule has 0 bridgehead atoms. The fraction of sp³-hybridized carbons (Fsp3) is 0.667. The summed E-state index contributed by atoms with van der Waals surface area (Å²) in [5.41, 5.74) is -0.0699. The Kier molecular flexibility index (Phi) is 6.38. The van der Waals surface area contributed by atoms with Gasteiger partial charge in [-0.1, -0.05) is 0 Å². The van der Waals surface area contributed by atoms with E-state index in [0.29, 0.717) is 25.5 Å². The largest absolute Gasteiger partial charge is 0.383 e. The molecule has 0 unspecified atom stereocenters. The van der Waals surface area contributed by atoms with Crippen LogP contribution in [0.2, 0.25) is 0 Å². The number of hydrogen-bond donors (Lipinski definition) is 1. The maximum Gasteiger partial charge on any atom is 0.293 e. The molecule has 102 valence electrons. The maximum absolute atomic E-state index is 11.9. The van der Waals surface area contributed by atoms with E-state index in [1.54, 1.807) is 24.1 Å². The fourth-order valence-corrected chi connectivity index (χ4v) is 1.54. The molecule has 18 heavy (non-hydrogen) atoms. The van der Waals surface area contributed by atoms with Crippen LogP contribution in [0.1, 0.15) is 6.92 Å². The standard InChI is InChI=1S/C12H22N4O2/c1-4-16-8-6-14-11(12(16)17)13-5-7-15(2)9-10-18-3/h6,8H,4-5,7,9-10H2,1-3H3,(H,13,14). The van der Waals surface area contributed by atoms with Gasteiger partial charge in [0.25, 0.3) is 5.56 Å². The number of likely N-dealkylation sites (N-methyl/N-ethyl adjacent to an activating group) is 1. The number of rotatable bonds is 8. The molecule has 0 aliphatic heterocycles. The van der Waals surface area contributed by atoms with Crippen LogP contribution < -0.4 is 10.9 Å². The minimum atomic E-state index is -0.0699. The van der Waals surface area contributed by atoms with Crippen LogP contribution in [-0.2, 0) is 11.3 Å². The lowest BCUT2D eigenvalue weighted by molar-refractivity contribution is 0.163. The predicted molar refractivity (Wildman–Crippen MR) is 72.0 cm³/mol. The fourth-order valence-electron chi connectivity index (χ4n) is 1.54. The molecule has 6 nitrogen and oxygen atoms in total. The van der Waals surface area contributed by atoms with Gasteiger partial charge in [-0.25, -0.2) is 4.98 Å². The van der Waals surface area contributed by atoms with Crippen LogP contribution in [0.4, 0.5) is 5.82 Å². The summed E-state index contributed by atoms with van der Waals surface area (Å²) >= 11 is 0. The Balaban J connectivity index is 2.42. The highest BCUT2D eigenvalue weighted by Gasteiger charge is 2.03. The first-order valence-electron chi connectivity index (χ1n) is 6.15. The van der Waals surface area contributed by atoms with E-state index in [1.165, 1.54) is 0 Å². The number of ether oxygens (including phenoxy) is 1. The Morgan fingerprint density at radius 1 is 1.50 bits per heavy atom. The molecular weight excluding hydrogens is 232 g/mol. The normalized spacial score (nSPS) is 10.9. The molecule has 0 aliphatic rings. The van der Waals surface area contributed by atoms with E-state index in [0.717, 1.165) is 13.1 Å². The maximum atomic E-state index is 11.9. The van der Waals surface area contributed by atoms with E-state index in [1.807, 2.05) is 14.0 Å². The molecule has 0 saturated carbocycles. The van der Waals surface area contributed by atoms with Crippen LogP contribution >= 0.6 is 0 Å². The first kappa shape index (κ1) is 14.7. The van der Waals surface area contributed by atoms with Crippen LogP contribution in [-0.4, -0.2) is 54.8 Å². The lowest BCUT2D eigenvalue weighted by Gasteiger charge is -2.16. The second kappa shape index (κ2) is 7.84. The van der Waals surface area contributed by atoms with E-state index in [-0.39, 0.29) is 5.56 Å². The minimum absolute atomic E-state index is 0.0699. The lowest BCUT2D eigenvalue weighted by atomic mass is 10.5. The summed E-state index contributed by atoms with van der Waals surface area (Å²) in [5.74, 6) is 0.416. The average molecular weight is 254 g/mol. The van der Waals surface area contributed by atoms with Gasteiger partial charge in [-0.05, 0) is 14.0 Å². The third-order valence-electron chi connectivity index (χ3n) is 2.72.